The Morgan fingerprint density at radius 1 is 1.53 bits per heavy atom. The Morgan fingerprint density at radius 3 is 2.53 bits per heavy atom. The lowest BCUT2D eigenvalue weighted by Gasteiger charge is -2.33. The van der Waals surface area contributed by atoms with E-state index in [0.29, 0.717) is 25.9 Å². The number of piperidine rings is 1. The van der Waals surface area contributed by atoms with Crippen molar-refractivity contribution in [1.82, 2.24) is 9.62 Å². The Bertz CT molecular complexity index is 451. The molecule has 0 spiro atoms. The van der Waals surface area contributed by atoms with Gasteiger partial charge in [-0.15, -0.1) is 0 Å². The first kappa shape index (κ1) is 15.9. The molecule has 1 rings (SSSR count). The summed E-state index contributed by atoms with van der Waals surface area (Å²) in [5.41, 5.74) is 5.14. The third kappa shape index (κ3) is 3.89. The fourth-order valence-corrected chi connectivity index (χ4v) is 4.02. The average molecular weight is 288 g/mol. The number of sulfonamides is 1. The Kier molecular flexibility index (Phi) is 5.72. The lowest BCUT2D eigenvalue weighted by atomic mass is 10.1. The molecule has 3 N–H and O–H groups in total. The standard InChI is InChI=1S/C11H20N4O3S/c1-2-10(7-12)19(17,18)15(8-11(13)16)9-3-5-14-6-4-9/h9-10,14H,2-6,8H2,1H3,(H2,13,16). The van der Waals surface area contributed by atoms with E-state index in [1.54, 1.807) is 13.0 Å². The van der Waals surface area contributed by atoms with E-state index in [2.05, 4.69) is 5.32 Å². The summed E-state index contributed by atoms with van der Waals surface area (Å²) < 4.78 is 25.9. The van der Waals surface area contributed by atoms with Crippen LogP contribution in [0.3, 0.4) is 0 Å². The van der Waals surface area contributed by atoms with Crippen LogP contribution in [0.15, 0.2) is 0 Å². The molecule has 0 aliphatic carbocycles. The van der Waals surface area contributed by atoms with Crippen molar-refractivity contribution in [2.45, 2.75) is 37.5 Å². The molecule has 1 saturated heterocycles. The van der Waals surface area contributed by atoms with E-state index >= 15 is 0 Å². The maximum atomic E-state index is 12.4. The molecule has 8 heteroatoms. The van der Waals surface area contributed by atoms with Crippen molar-refractivity contribution in [2.24, 2.45) is 5.73 Å². The molecule has 108 valence electrons. The van der Waals surface area contributed by atoms with E-state index in [0.717, 1.165) is 4.31 Å². The lowest BCUT2D eigenvalue weighted by molar-refractivity contribution is -0.118. The number of amides is 1. The minimum atomic E-state index is -3.81. The lowest BCUT2D eigenvalue weighted by Crippen LogP contribution is -2.51. The highest BCUT2D eigenvalue weighted by atomic mass is 32.2. The van der Waals surface area contributed by atoms with Crippen LogP contribution < -0.4 is 11.1 Å². The van der Waals surface area contributed by atoms with Crippen molar-refractivity contribution in [3.8, 4) is 6.07 Å². The van der Waals surface area contributed by atoms with E-state index in [1.807, 2.05) is 0 Å². The molecule has 7 nitrogen and oxygen atoms in total. The molecule has 0 aromatic heterocycles. The van der Waals surface area contributed by atoms with Crippen LogP contribution in [0.25, 0.3) is 0 Å². The van der Waals surface area contributed by atoms with E-state index in [4.69, 9.17) is 11.0 Å². The van der Waals surface area contributed by atoms with E-state index in [-0.39, 0.29) is 19.0 Å². The van der Waals surface area contributed by atoms with E-state index in [9.17, 15) is 13.2 Å². The topological polar surface area (TPSA) is 116 Å². The third-order valence-electron chi connectivity index (χ3n) is 3.23. The molecule has 0 aromatic rings. The van der Waals surface area contributed by atoms with Gasteiger partial charge >= 0.3 is 0 Å². The highest BCUT2D eigenvalue weighted by Crippen LogP contribution is 2.20. The molecular formula is C11H20N4O3S. The van der Waals surface area contributed by atoms with Crippen LogP contribution in [-0.4, -0.2) is 49.6 Å². The second kappa shape index (κ2) is 6.84. The van der Waals surface area contributed by atoms with Crippen molar-refractivity contribution < 1.29 is 13.2 Å². The first-order valence-corrected chi connectivity index (χ1v) is 7.83. The fourth-order valence-electron chi connectivity index (χ4n) is 2.21. The SMILES string of the molecule is CCC(C#N)S(=O)(=O)N(CC(N)=O)C1CCNCC1. The summed E-state index contributed by atoms with van der Waals surface area (Å²) in [7, 11) is -3.81. The second-order valence-corrected chi connectivity index (χ2v) is 6.63. The van der Waals surface area contributed by atoms with Gasteiger partial charge in [0.05, 0.1) is 12.6 Å². The molecular weight excluding hydrogens is 268 g/mol. The molecule has 19 heavy (non-hydrogen) atoms. The van der Waals surface area contributed by atoms with Crippen LogP contribution in [0.2, 0.25) is 0 Å². The number of carbonyl (C=O) groups is 1. The number of nitrogens with two attached hydrogens (primary N) is 1. The van der Waals surface area contributed by atoms with Gasteiger partial charge in [-0.05, 0) is 32.4 Å². The van der Waals surface area contributed by atoms with Gasteiger partial charge in [-0.25, -0.2) is 8.42 Å². The predicted molar refractivity (Wildman–Crippen MR) is 70.4 cm³/mol. The van der Waals surface area contributed by atoms with Gasteiger partial charge < -0.3 is 11.1 Å². The normalized spacial score (nSPS) is 19.0. The van der Waals surface area contributed by atoms with Crippen LogP contribution in [-0.2, 0) is 14.8 Å². The maximum absolute atomic E-state index is 12.4. The van der Waals surface area contributed by atoms with Gasteiger partial charge in [0.2, 0.25) is 15.9 Å². The highest BCUT2D eigenvalue weighted by Gasteiger charge is 2.37. The smallest absolute Gasteiger partial charge is 0.232 e. The monoisotopic (exact) mass is 288 g/mol. The van der Waals surface area contributed by atoms with Crippen molar-refractivity contribution in [2.75, 3.05) is 19.6 Å². The number of hydrogen-bond donors (Lipinski definition) is 2. The van der Waals surface area contributed by atoms with E-state index in [1.165, 1.54) is 0 Å². The first-order chi connectivity index (χ1) is 8.93. The third-order valence-corrected chi connectivity index (χ3v) is 5.47. The summed E-state index contributed by atoms with van der Waals surface area (Å²) in [6.07, 6.45) is 1.43. The zero-order valence-corrected chi connectivity index (χ0v) is 11.8. The minimum Gasteiger partial charge on any atom is -0.369 e. The molecule has 1 unspecified atom stereocenters. The molecule has 1 aliphatic heterocycles. The molecule has 0 saturated carbocycles. The van der Waals surface area contributed by atoms with Crippen LogP contribution in [0, 0.1) is 11.3 Å². The largest absolute Gasteiger partial charge is 0.369 e. The van der Waals surface area contributed by atoms with Crippen LogP contribution >= 0.6 is 0 Å². The summed E-state index contributed by atoms with van der Waals surface area (Å²) in [5, 5.41) is 11.0. The van der Waals surface area contributed by atoms with Gasteiger partial charge in [0.15, 0.2) is 5.25 Å². The van der Waals surface area contributed by atoms with Crippen LogP contribution in [0.1, 0.15) is 26.2 Å². The zero-order valence-electron chi connectivity index (χ0n) is 11.0. The van der Waals surface area contributed by atoms with Crippen molar-refractivity contribution >= 4 is 15.9 Å². The molecule has 0 aromatic carbocycles. The summed E-state index contributed by atoms with van der Waals surface area (Å²) in [6.45, 7) is 2.67. The highest BCUT2D eigenvalue weighted by molar-refractivity contribution is 7.90. The van der Waals surface area contributed by atoms with E-state index < -0.39 is 21.2 Å². The number of nitriles is 1. The zero-order chi connectivity index (χ0) is 14.5. The number of hydrogen-bond acceptors (Lipinski definition) is 5. The number of rotatable bonds is 6. The van der Waals surface area contributed by atoms with Gasteiger partial charge in [-0.3, -0.25) is 4.79 Å². The van der Waals surface area contributed by atoms with Crippen molar-refractivity contribution in [3.05, 3.63) is 0 Å². The molecule has 0 bridgehead atoms. The van der Waals surface area contributed by atoms with Gasteiger partial charge in [-0.2, -0.15) is 9.57 Å². The summed E-state index contributed by atoms with van der Waals surface area (Å²) >= 11 is 0. The Labute approximate surface area is 113 Å². The molecule has 1 fully saturated rings. The first-order valence-electron chi connectivity index (χ1n) is 6.32. The number of nitrogens with one attached hydrogen (secondary N) is 1. The van der Waals surface area contributed by atoms with Gasteiger partial charge in [0.1, 0.15) is 0 Å². The summed E-state index contributed by atoms with van der Waals surface area (Å²) in [6, 6.07) is 1.52. The predicted octanol–water partition coefficient (Wildman–Crippen LogP) is -0.842. The number of nitrogens with zero attached hydrogens (tertiary/aromatic N) is 2. The molecule has 1 heterocycles. The molecule has 1 amide bonds. The number of carbonyl (C=O) groups excluding carboxylic acids is 1. The van der Waals surface area contributed by atoms with Crippen LogP contribution in [0.5, 0.6) is 0 Å². The van der Waals surface area contributed by atoms with Gasteiger partial charge in [0, 0.05) is 6.04 Å². The molecule has 1 atom stereocenters. The Hall–Kier alpha value is -1.17. The summed E-state index contributed by atoms with van der Waals surface area (Å²) in [5.74, 6) is -0.699. The molecule has 0 radical (unpaired) electrons. The van der Waals surface area contributed by atoms with Crippen LogP contribution in [0.4, 0.5) is 0 Å². The Balaban J connectivity index is 3.01. The second-order valence-electron chi connectivity index (χ2n) is 4.56. The van der Waals surface area contributed by atoms with Crippen molar-refractivity contribution in [1.29, 1.82) is 5.26 Å². The Morgan fingerprint density at radius 2 is 2.11 bits per heavy atom. The van der Waals surface area contributed by atoms with Gasteiger partial charge in [0.25, 0.3) is 0 Å². The fraction of sp³-hybridized carbons (Fsp3) is 0.818. The summed E-state index contributed by atoms with van der Waals surface area (Å²) in [4.78, 5) is 11.1. The minimum absolute atomic E-state index is 0.194. The van der Waals surface area contributed by atoms with Crippen molar-refractivity contribution in [3.63, 3.8) is 0 Å². The quantitative estimate of drug-likeness (QED) is 0.661. The number of primary amides is 1. The van der Waals surface area contributed by atoms with Gasteiger partial charge in [-0.1, -0.05) is 6.92 Å². The molecule has 1 aliphatic rings. The average Bonchev–Trinajstić information content (AvgIpc) is 2.37. The maximum Gasteiger partial charge on any atom is 0.232 e.